The summed E-state index contributed by atoms with van der Waals surface area (Å²) in [6.07, 6.45) is 2.62. The largest absolute Gasteiger partial charge is 0.388 e. The Bertz CT molecular complexity index is 571. The molecule has 18 heavy (non-hydrogen) atoms. The van der Waals surface area contributed by atoms with Crippen molar-refractivity contribution in [1.29, 1.82) is 0 Å². The molecule has 0 spiro atoms. The number of aromatic nitrogens is 1. The predicted molar refractivity (Wildman–Crippen MR) is 77.5 cm³/mol. The number of nitrogens with zero attached hydrogens (tertiary/aromatic N) is 2. The molecule has 1 fully saturated rings. The van der Waals surface area contributed by atoms with Gasteiger partial charge in [-0.3, -0.25) is 4.98 Å². The Balaban J connectivity index is 2.12. The fourth-order valence-corrected chi connectivity index (χ4v) is 2.73. The SMILES string of the molecule is CNc1cc(C)nc2ccc(N3CCCC3)cc12. The third-order valence-corrected chi connectivity index (χ3v) is 3.66. The van der Waals surface area contributed by atoms with Crippen LogP contribution in [0.5, 0.6) is 0 Å². The molecule has 94 valence electrons. The zero-order valence-corrected chi connectivity index (χ0v) is 11.0. The Morgan fingerprint density at radius 3 is 2.67 bits per heavy atom. The highest BCUT2D eigenvalue weighted by atomic mass is 15.1. The molecule has 0 aliphatic carbocycles. The van der Waals surface area contributed by atoms with Crippen molar-refractivity contribution in [2.45, 2.75) is 19.8 Å². The minimum atomic E-state index is 1.06. The highest BCUT2D eigenvalue weighted by molar-refractivity contribution is 5.93. The second kappa shape index (κ2) is 4.48. The van der Waals surface area contributed by atoms with Crippen LogP contribution in [-0.4, -0.2) is 25.1 Å². The topological polar surface area (TPSA) is 28.2 Å². The van der Waals surface area contributed by atoms with Crippen molar-refractivity contribution in [2.24, 2.45) is 0 Å². The molecule has 0 unspecified atom stereocenters. The van der Waals surface area contributed by atoms with Gasteiger partial charge >= 0.3 is 0 Å². The molecule has 1 aromatic heterocycles. The van der Waals surface area contributed by atoms with Crippen LogP contribution in [0.3, 0.4) is 0 Å². The molecule has 1 aliphatic heterocycles. The van der Waals surface area contributed by atoms with E-state index in [1.54, 1.807) is 0 Å². The van der Waals surface area contributed by atoms with Gasteiger partial charge in [0.05, 0.1) is 5.52 Å². The normalized spacial score (nSPS) is 15.3. The van der Waals surface area contributed by atoms with Gasteiger partial charge in [-0.15, -0.1) is 0 Å². The Labute approximate surface area is 108 Å². The lowest BCUT2D eigenvalue weighted by Crippen LogP contribution is -2.17. The molecule has 3 nitrogen and oxygen atoms in total. The summed E-state index contributed by atoms with van der Waals surface area (Å²) in [5, 5.41) is 4.49. The summed E-state index contributed by atoms with van der Waals surface area (Å²) in [7, 11) is 1.97. The lowest BCUT2D eigenvalue weighted by Gasteiger charge is -2.18. The molecular formula is C15H19N3. The van der Waals surface area contributed by atoms with Crippen molar-refractivity contribution in [1.82, 2.24) is 4.98 Å². The van der Waals surface area contributed by atoms with Crippen LogP contribution in [0.1, 0.15) is 18.5 Å². The van der Waals surface area contributed by atoms with E-state index in [4.69, 9.17) is 0 Å². The maximum Gasteiger partial charge on any atom is 0.0727 e. The summed E-state index contributed by atoms with van der Waals surface area (Å²) in [5.41, 5.74) is 4.61. The Hall–Kier alpha value is -1.77. The van der Waals surface area contributed by atoms with Crippen LogP contribution in [0, 0.1) is 6.92 Å². The van der Waals surface area contributed by atoms with E-state index in [-0.39, 0.29) is 0 Å². The molecule has 1 N–H and O–H groups in total. The molecular weight excluding hydrogens is 222 g/mol. The van der Waals surface area contributed by atoms with Crippen LogP contribution in [-0.2, 0) is 0 Å². The molecule has 1 aromatic carbocycles. The van der Waals surface area contributed by atoms with E-state index in [1.807, 2.05) is 14.0 Å². The minimum Gasteiger partial charge on any atom is -0.388 e. The van der Waals surface area contributed by atoms with E-state index in [1.165, 1.54) is 42.7 Å². The first-order valence-electron chi connectivity index (χ1n) is 6.62. The second-order valence-corrected chi connectivity index (χ2v) is 4.96. The first kappa shape index (κ1) is 11.3. The van der Waals surface area contributed by atoms with Crippen molar-refractivity contribution in [3.8, 4) is 0 Å². The van der Waals surface area contributed by atoms with Gasteiger partial charge < -0.3 is 10.2 Å². The van der Waals surface area contributed by atoms with E-state index in [9.17, 15) is 0 Å². The molecule has 0 atom stereocenters. The maximum atomic E-state index is 4.59. The first-order valence-corrected chi connectivity index (χ1v) is 6.62. The number of rotatable bonds is 2. The van der Waals surface area contributed by atoms with E-state index < -0.39 is 0 Å². The van der Waals surface area contributed by atoms with Crippen molar-refractivity contribution in [3.05, 3.63) is 30.0 Å². The third kappa shape index (κ3) is 1.90. The van der Waals surface area contributed by atoms with Gasteiger partial charge in [-0.2, -0.15) is 0 Å². The van der Waals surface area contributed by atoms with E-state index in [0.29, 0.717) is 0 Å². The number of pyridine rings is 1. The summed E-state index contributed by atoms with van der Waals surface area (Å²) in [5.74, 6) is 0. The summed E-state index contributed by atoms with van der Waals surface area (Å²) in [6.45, 7) is 4.40. The summed E-state index contributed by atoms with van der Waals surface area (Å²) < 4.78 is 0. The number of aryl methyl sites for hydroxylation is 1. The van der Waals surface area contributed by atoms with Crippen LogP contribution in [0.4, 0.5) is 11.4 Å². The predicted octanol–water partition coefficient (Wildman–Crippen LogP) is 3.19. The zero-order valence-electron chi connectivity index (χ0n) is 11.0. The van der Waals surface area contributed by atoms with Crippen LogP contribution in [0.25, 0.3) is 10.9 Å². The molecule has 3 heteroatoms. The van der Waals surface area contributed by atoms with E-state index in [0.717, 1.165) is 11.2 Å². The summed E-state index contributed by atoms with van der Waals surface area (Å²) in [4.78, 5) is 7.05. The number of anilines is 2. The molecule has 1 aliphatic rings. The number of hydrogen-bond donors (Lipinski definition) is 1. The smallest absolute Gasteiger partial charge is 0.0727 e. The number of benzene rings is 1. The summed E-state index contributed by atoms with van der Waals surface area (Å²) >= 11 is 0. The lowest BCUT2D eigenvalue weighted by atomic mass is 10.1. The van der Waals surface area contributed by atoms with Crippen molar-refractivity contribution in [2.75, 3.05) is 30.4 Å². The Morgan fingerprint density at radius 2 is 1.94 bits per heavy atom. The van der Waals surface area contributed by atoms with Gasteiger partial charge in [0.25, 0.3) is 0 Å². The van der Waals surface area contributed by atoms with Gasteiger partial charge in [0.1, 0.15) is 0 Å². The van der Waals surface area contributed by atoms with Crippen LogP contribution >= 0.6 is 0 Å². The molecule has 2 heterocycles. The van der Waals surface area contributed by atoms with Gasteiger partial charge in [0, 0.05) is 42.6 Å². The quantitative estimate of drug-likeness (QED) is 0.875. The highest BCUT2D eigenvalue weighted by Gasteiger charge is 2.13. The lowest BCUT2D eigenvalue weighted by molar-refractivity contribution is 0.949. The van der Waals surface area contributed by atoms with Gasteiger partial charge in [-0.05, 0) is 44.0 Å². The first-order chi connectivity index (χ1) is 8.78. The molecule has 0 amide bonds. The van der Waals surface area contributed by atoms with Crippen molar-refractivity contribution in [3.63, 3.8) is 0 Å². The Morgan fingerprint density at radius 1 is 1.17 bits per heavy atom. The van der Waals surface area contributed by atoms with Crippen molar-refractivity contribution >= 4 is 22.3 Å². The molecule has 2 aromatic rings. The summed E-state index contributed by atoms with van der Waals surface area (Å²) in [6, 6.07) is 8.70. The molecule has 0 radical (unpaired) electrons. The number of hydrogen-bond acceptors (Lipinski definition) is 3. The van der Waals surface area contributed by atoms with Gasteiger partial charge in [-0.1, -0.05) is 0 Å². The molecule has 1 saturated heterocycles. The Kier molecular flexibility index (Phi) is 2.82. The standard InChI is InChI=1S/C15H19N3/c1-11-9-15(16-2)13-10-12(5-6-14(13)17-11)18-7-3-4-8-18/h5-6,9-10H,3-4,7-8H2,1-2H3,(H,16,17). The van der Waals surface area contributed by atoms with Crippen LogP contribution in [0.2, 0.25) is 0 Å². The number of fused-ring (bicyclic) bond motifs is 1. The highest BCUT2D eigenvalue weighted by Crippen LogP contribution is 2.29. The zero-order chi connectivity index (χ0) is 12.5. The van der Waals surface area contributed by atoms with Crippen LogP contribution in [0.15, 0.2) is 24.3 Å². The fraction of sp³-hybridized carbons (Fsp3) is 0.400. The van der Waals surface area contributed by atoms with E-state index in [2.05, 4.69) is 39.5 Å². The monoisotopic (exact) mass is 241 g/mol. The average Bonchev–Trinajstić information content (AvgIpc) is 2.91. The second-order valence-electron chi connectivity index (χ2n) is 4.96. The van der Waals surface area contributed by atoms with Gasteiger partial charge in [-0.25, -0.2) is 0 Å². The molecule has 0 bridgehead atoms. The molecule has 0 saturated carbocycles. The average molecular weight is 241 g/mol. The molecule has 3 rings (SSSR count). The van der Waals surface area contributed by atoms with E-state index >= 15 is 0 Å². The van der Waals surface area contributed by atoms with Crippen molar-refractivity contribution < 1.29 is 0 Å². The van der Waals surface area contributed by atoms with Gasteiger partial charge in [0.2, 0.25) is 0 Å². The minimum absolute atomic E-state index is 1.06. The van der Waals surface area contributed by atoms with Gasteiger partial charge in [0.15, 0.2) is 0 Å². The van der Waals surface area contributed by atoms with Crippen LogP contribution < -0.4 is 10.2 Å². The number of nitrogens with one attached hydrogen (secondary N) is 1. The maximum absolute atomic E-state index is 4.59. The fourth-order valence-electron chi connectivity index (χ4n) is 2.73. The third-order valence-electron chi connectivity index (χ3n) is 3.66.